The van der Waals surface area contributed by atoms with Gasteiger partial charge in [0.05, 0.1) is 95.7 Å². The zero-order valence-corrected chi connectivity index (χ0v) is 63.6. The minimum absolute atomic E-state index is 0.0635. The Balaban J connectivity index is 0.000000221. The van der Waals surface area contributed by atoms with Gasteiger partial charge in [0.15, 0.2) is 0 Å². The Morgan fingerprint density at radius 1 is 0.436 bits per heavy atom. The fourth-order valence-corrected chi connectivity index (χ4v) is 15.5. The Morgan fingerprint density at radius 2 is 0.762 bits per heavy atom. The van der Waals surface area contributed by atoms with Crippen molar-refractivity contribution in [2.75, 3.05) is 92.9 Å². The Hall–Kier alpha value is -6.63. The molecule has 0 amide bonds. The van der Waals surface area contributed by atoms with Crippen LogP contribution in [0.25, 0.3) is 0 Å². The summed E-state index contributed by atoms with van der Waals surface area (Å²) >= 11 is 0. The van der Waals surface area contributed by atoms with Crippen LogP contribution in [0, 0.1) is 0 Å². The molecule has 3 aliphatic carbocycles. The fourth-order valence-electron chi connectivity index (χ4n) is 15.5. The summed E-state index contributed by atoms with van der Waals surface area (Å²) in [6.07, 6.45) is 7.75. The first-order valence-corrected chi connectivity index (χ1v) is 38.4. The van der Waals surface area contributed by atoms with Gasteiger partial charge in [0, 0.05) is 76.5 Å². The van der Waals surface area contributed by atoms with Gasteiger partial charge in [0.2, 0.25) is 0 Å². The van der Waals surface area contributed by atoms with Gasteiger partial charge in [-0.15, -0.1) is 0 Å². The first kappa shape index (κ1) is 83.3. The second-order valence-corrected chi connectivity index (χ2v) is 25.4. The lowest BCUT2D eigenvalue weighted by Gasteiger charge is -2.33. The molecule has 0 bridgehead atoms. The van der Waals surface area contributed by atoms with Gasteiger partial charge in [0.25, 0.3) is 0 Å². The van der Waals surface area contributed by atoms with Crippen LogP contribution in [-0.2, 0) is 66.8 Å². The number of aliphatic hydroxyl groups is 1. The summed E-state index contributed by atoms with van der Waals surface area (Å²) in [7, 11) is 2.84. The van der Waals surface area contributed by atoms with Crippen molar-refractivity contribution in [1.82, 2.24) is 14.7 Å². The van der Waals surface area contributed by atoms with Crippen LogP contribution in [0.2, 0.25) is 0 Å². The minimum Gasteiger partial charge on any atom is -0.481 e. The number of hydrogen-bond donors (Lipinski definition) is 2. The number of carboxylic acids is 1. The van der Waals surface area contributed by atoms with Crippen molar-refractivity contribution in [2.45, 2.75) is 214 Å². The van der Waals surface area contributed by atoms with Gasteiger partial charge in [0.1, 0.15) is 0 Å². The average Bonchev–Trinajstić information content (AvgIpc) is 1.64. The normalized spacial score (nSPS) is 23.6. The molecule has 0 radical (unpaired) electrons. The third kappa shape index (κ3) is 22.9. The Morgan fingerprint density at radius 3 is 1.12 bits per heavy atom. The van der Waals surface area contributed by atoms with E-state index in [9.17, 15) is 19.5 Å². The van der Waals surface area contributed by atoms with Gasteiger partial charge in [-0.2, -0.15) is 0 Å². The Bertz CT molecular complexity index is 3100. The number of rotatable bonds is 16. The van der Waals surface area contributed by atoms with E-state index in [0.29, 0.717) is 56.9 Å². The van der Waals surface area contributed by atoms with Crippen LogP contribution in [0.1, 0.15) is 231 Å². The largest absolute Gasteiger partial charge is 0.481 e. The summed E-state index contributed by atoms with van der Waals surface area (Å²) in [4.78, 5) is 41.0. The summed E-state index contributed by atoms with van der Waals surface area (Å²) in [6.45, 7) is 32.3. The van der Waals surface area contributed by atoms with Gasteiger partial charge < -0.3 is 43.4 Å². The molecule has 11 atom stereocenters. The summed E-state index contributed by atoms with van der Waals surface area (Å²) < 4.78 is 40.9. The molecular formula is C86H123N3O12. The van der Waals surface area contributed by atoms with Crippen molar-refractivity contribution in [3.8, 4) is 0 Å². The number of hydrogen-bond acceptors (Lipinski definition) is 14. The summed E-state index contributed by atoms with van der Waals surface area (Å²) in [5.74, 6) is -0.0937. The predicted octanol–water partition coefficient (Wildman–Crippen LogP) is 16.5. The van der Waals surface area contributed by atoms with E-state index in [1.807, 2.05) is 83.1 Å². The highest BCUT2D eigenvalue weighted by atomic mass is 16.5. The van der Waals surface area contributed by atoms with Gasteiger partial charge >= 0.3 is 17.9 Å². The molecule has 14 rings (SSSR count). The van der Waals surface area contributed by atoms with Crippen molar-refractivity contribution < 1.29 is 57.8 Å². The molecule has 2 N–H and O–H groups in total. The van der Waals surface area contributed by atoms with E-state index in [4.69, 9.17) is 38.3 Å². The Kier molecular flexibility index (Phi) is 36.9. The maximum absolute atomic E-state index is 11.6. The number of carboxylic acid groups (broad SMARTS) is 1. The van der Waals surface area contributed by atoms with Gasteiger partial charge in [-0.1, -0.05) is 229 Å². The lowest BCUT2D eigenvalue weighted by molar-refractivity contribution is -0.146. The summed E-state index contributed by atoms with van der Waals surface area (Å²) in [6, 6.07) is 52.4. The second kappa shape index (κ2) is 44.8. The first-order chi connectivity index (χ1) is 49.6. The lowest BCUT2D eigenvalue weighted by Crippen LogP contribution is -2.46. The van der Waals surface area contributed by atoms with E-state index in [0.717, 1.165) is 90.8 Å². The number of esters is 2. The topological polar surface area (TPSA) is 166 Å². The molecule has 8 aliphatic rings. The smallest absolute Gasteiger partial charge is 0.308 e. The van der Waals surface area contributed by atoms with Crippen molar-refractivity contribution in [3.05, 3.63) is 212 Å². The number of carbonyl (C=O) groups is 3. The molecule has 0 aromatic heterocycles. The SMILES string of the molecule is CC.CC.CC.CC.CC.CC.COC(=O)CC1CN(CC2CC3c4ccccc4Cc4ccccc4C3O2)CCO1.COC(=O)CCCN(CCO)CC1CC2c3ccccc3Cc3ccccc3C2O1.O=C(O)CC1CN(CC2CC3c4ccccc4Cc4ccccc4C3O2)CCO1. The molecule has 6 aromatic rings. The van der Waals surface area contributed by atoms with Crippen LogP contribution in [0.4, 0.5) is 0 Å². The number of morpholine rings is 2. The maximum Gasteiger partial charge on any atom is 0.308 e. The number of methoxy groups -OCH3 is 2. The number of nitrogens with zero attached hydrogens (tertiary/aromatic N) is 3. The second-order valence-electron chi connectivity index (χ2n) is 25.4. The third-order valence-electron chi connectivity index (χ3n) is 19.6. The minimum atomic E-state index is -0.801. The lowest BCUT2D eigenvalue weighted by atomic mass is 9.87. The number of benzene rings is 6. The number of ether oxygens (including phenoxy) is 7. The summed E-state index contributed by atoms with van der Waals surface area (Å²) in [5.41, 5.74) is 16.5. The molecular weight excluding hydrogens is 1270 g/mol. The molecule has 5 heterocycles. The monoisotopic (exact) mass is 1390 g/mol. The highest BCUT2D eigenvalue weighted by Gasteiger charge is 2.45. The van der Waals surface area contributed by atoms with Gasteiger partial charge in [-0.3, -0.25) is 29.1 Å². The number of fused-ring (bicyclic) bond motifs is 15. The van der Waals surface area contributed by atoms with E-state index in [1.165, 1.54) is 81.0 Å². The zero-order valence-electron chi connectivity index (χ0n) is 63.6. The van der Waals surface area contributed by atoms with Crippen molar-refractivity contribution in [2.24, 2.45) is 0 Å². The van der Waals surface area contributed by atoms with Crippen LogP contribution >= 0.6 is 0 Å². The molecule has 15 heteroatoms. The van der Waals surface area contributed by atoms with E-state index in [2.05, 4.69) is 160 Å². The highest BCUT2D eigenvalue weighted by molar-refractivity contribution is 5.70. The molecule has 0 spiro atoms. The van der Waals surface area contributed by atoms with Crippen molar-refractivity contribution in [3.63, 3.8) is 0 Å². The quantitative estimate of drug-likeness (QED) is 0.0878. The molecule has 5 fully saturated rings. The standard InChI is InChI=1S/C25H29NO4.C25H31NO4.C24H27NO4.6C2H6/c1-28-24(27)14-19-15-26(10-11-29-19)16-20-13-23-21-8-4-2-6-17(21)12-18-7-3-5-9-22(18)25(23)30-20;1-29-24(28)11-6-12-26(13-14-27)17-20-16-23-21-9-4-2-7-18(21)15-19-8-3-5-10-22(19)25(23)30-20;26-23(27)13-18-14-25(9-10-28-18)15-19-12-22-20-7-3-1-5-16(20)11-17-6-2-4-8-21(17)24(22)29-19;6*1-2/h2-9,19-20,23,25H,10-16H2,1H3;2-5,7-10,20,23,25,27H,6,11-17H2,1H3;1-8,18-19,22,24H,9-15H2,(H,26,27);6*1-2H3. The number of aliphatic carboxylic acids is 1. The zero-order chi connectivity index (χ0) is 73.2. The molecule has 101 heavy (non-hydrogen) atoms. The van der Waals surface area contributed by atoms with Crippen LogP contribution < -0.4 is 0 Å². The number of carbonyl (C=O) groups excluding carboxylic acids is 2. The van der Waals surface area contributed by atoms with Crippen LogP contribution in [-0.4, -0.2) is 166 Å². The van der Waals surface area contributed by atoms with Crippen molar-refractivity contribution in [1.29, 1.82) is 0 Å². The fraction of sp³-hybridized carbons (Fsp3) is 0.547. The van der Waals surface area contributed by atoms with Gasteiger partial charge in [-0.25, -0.2) is 0 Å². The molecule has 0 saturated carbocycles. The number of aliphatic hydroxyl groups excluding tert-OH is 1. The highest BCUT2D eigenvalue weighted by Crippen LogP contribution is 2.52. The van der Waals surface area contributed by atoms with Crippen LogP contribution in [0.3, 0.4) is 0 Å². The molecule has 11 unspecified atom stereocenters. The molecule has 554 valence electrons. The van der Waals surface area contributed by atoms with E-state index in [1.54, 1.807) is 0 Å². The molecule has 15 nitrogen and oxygen atoms in total. The molecule has 5 aliphatic heterocycles. The third-order valence-corrected chi connectivity index (χ3v) is 19.6. The van der Waals surface area contributed by atoms with E-state index in [-0.39, 0.29) is 73.8 Å². The molecule has 6 aromatic carbocycles. The van der Waals surface area contributed by atoms with E-state index >= 15 is 0 Å². The average molecular weight is 1390 g/mol. The van der Waals surface area contributed by atoms with Gasteiger partial charge in [-0.05, 0) is 118 Å². The summed E-state index contributed by atoms with van der Waals surface area (Å²) in [5, 5.41) is 18.6. The maximum atomic E-state index is 11.6. The first-order valence-electron chi connectivity index (χ1n) is 38.4. The Labute approximate surface area is 606 Å². The van der Waals surface area contributed by atoms with Crippen LogP contribution in [0.15, 0.2) is 146 Å². The predicted molar refractivity (Wildman–Crippen MR) is 406 cm³/mol. The van der Waals surface area contributed by atoms with Crippen molar-refractivity contribution >= 4 is 17.9 Å². The van der Waals surface area contributed by atoms with E-state index < -0.39 is 5.97 Å². The molecule has 5 saturated heterocycles. The van der Waals surface area contributed by atoms with Crippen LogP contribution in [0.5, 0.6) is 0 Å².